The molecule has 128 valence electrons. The molecule has 0 saturated carbocycles. The summed E-state index contributed by atoms with van der Waals surface area (Å²) in [5.74, 6) is -0.400. The summed E-state index contributed by atoms with van der Waals surface area (Å²) >= 11 is 12.2. The number of hydrogen-bond donors (Lipinski definition) is 1. The minimum absolute atomic E-state index is 0.325. The number of halogens is 2. The molecule has 3 aromatic rings. The van der Waals surface area contributed by atoms with Crippen molar-refractivity contribution in [2.24, 2.45) is 0 Å². The maximum absolute atomic E-state index is 12.4. The average molecular weight is 376 g/mol. The van der Waals surface area contributed by atoms with Crippen LogP contribution in [0.4, 0.5) is 0 Å². The summed E-state index contributed by atoms with van der Waals surface area (Å²) in [7, 11) is 0. The van der Waals surface area contributed by atoms with Gasteiger partial charge in [0, 0.05) is 10.6 Å². The number of benzene rings is 2. The van der Waals surface area contributed by atoms with Crippen LogP contribution in [0.15, 0.2) is 54.6 Å². The first kappa shape index (κ1) is 17.5. The van der Waals surface area contributed by atoms with E-state index in [-0.39, 0.29) is 0 Å². The van der Waals surface area contributed by atoms with Gasteiger partial charge < -0.3 is 0 Å². The lowest BCUT2D eigenvalue weighted by molar-refractivity contribution is 0.0357. The fraction of sp³-hybridized carbons (Fsp3) is 0.111. The van der Waals surface area contributed by atoms with Crippen molar-refractivity contribution >= 4 is 29.1 Å². The minimum atomic E-state index is -0.400. The summed E-state index contributed by atoms with van der Waals surface area (Å²) in [5, 5.41) is 5.70. The molecule has 7 heteroatoms. The Balaban J connectivity index is 2.09. The second kappa shape index (κ2) is 7.70. The maximum Gasteiger partial charge on any atom is 0.293 e. The van der Waals surface area contributed by atoms with Gasteiger partial charge in [-0.2, -0.15) is 5.10 Å². The molecule has 0 aliphatic carbocycles. The summed E-state index contributed by atoms with van der Waals surface area (Å²) in [5.41, 5.74) is 4.74. The van der Waals surface area contributed by atoms with Crippen molar-refractivity contribution in [2.45, 2.75) is 6.92 Å². The molecule has 0 bridgehead atoms. The van der Waals surface area contributed by atoms with Crippen molar-refractivity contribution in [1.82, 2.24) is 15.3 Å². The summed E-state index contributed by atoms with van der Waals surface area (Å²) < 4.78 is 1.53. The zero-order valence-corrected chi connectivity index (χ0v) is 14.9. The lowest BCUT2D eigenvalue weighted by atomic mass is 10.1. The second-order valence-electron chi connectivity index (χ2n) is 5.15. The highest BCUT2D eigenvalue weighted by Crippen LogP contribution is 2.28. The molecule has 5 nitrogen and oxygen atoms in total. The van der Waals surface area contributed by atoms with Gasteiger partial charge in [-0.25, -0.2) is 10.2 Å². The van der Waals surface area contributed by atoms with Crippen molar-refractivity contribution in [1.29, 1.82) is 0 Å². The third-order valence-corrected chi connectivity index (χ3v) is 4.05. The minimum Gasteiger partial charge on any atom is -0.274 e. The highest BCUT2D eigenvalue weighted by molar-refractivity contribution is 6.33. The van der Waals surface area contributed by atoms with Crippen LogP contribution in [0.3, 0.4) is 0 Å². The third-order valence-electron chi connectivity index (χ3n) is 3.47. The Labute approximate surface area is 155 Å². The molecule has 2 aromatic carbocycles. The predicted molar refractivity (Wildman–Crippen MR) is 98.1 cm³/mol. The first-order chi connectivity index (χ1) is 12.1. The second-order valence-corrected chi connectivity index (χ2v) is 5.99. The van der Waals surface area contributed by atoms with E-state index in [0.717, 1.165) is 5.56 Å². The number of nitrogens with one attached hydrogen (secondary N) is 1. The molecule has 25 heavy (non-hydrogen) atoms. The van der Waals surface area contributed by atoms with Crippen molar-refractivity contribution < 1.29 is 9.63 Å². The Hall–Kier alpha value is -2.34. The Kier molecular flexibility index (Phi) is 5.38. The van der Waals surface area contributed by atoms with Crippen LogP contribution in [-0.2, 0) is 4.84 Å². The average Bonchev–Trinajstić information content (AvgIpc) is 3.06. The van der Waals surface area contributed by atoms with Crippen LogP contribution in [0.25, 0.3) is 16.9 Å². The molecular formula is C18H15Cl2N3O2. The molecule has 1 heterocycles. The summed E-state index contributed by atoms with van der Waals surface area (Å²) in [6.45, 7) is 2.14. The van der Waals surface area contributed by atoms with E-state index in [1.54, 1.807) is 43.3 Å². The van der Waals surface area contributed by atoms with Gasteiger partial charge in [-0.3, -0.25) is 9.63 Å². The summed E-state index contributed by atoms with van der Waals surface area (Å²) in [6.07, 6.45) is 0. The van der Waals surface area contributed by atoms with E-state index in [4.69, 9.17) is 28.0 Å². The van der Waals surface area contributed by atoms with Crippen LogP contribution < -0.4 is 5.48 Å². The van der Waals surface area contributed by atoms with Crippen LogP contribution >= 0.6 is 23.2 Å². The zero-order chi connectivity index (χ0) is 17.8. The molecule has 3 rings (SSSR count). The van der Waals surface area contributed by atoms with E-state index in [1.807, 2.05) is 18.2 Å². The smallest absolute Gasteiger partial charge is 0.274 e. The van der Waals surface area contributed by atoms with Gasteiger partial charge in [-0.15, -0.1) is 0 Å². The molecule has 0 aliphatic heterocycles. The molecule has 1 amide bonds. The predicted octanol–water partition coefficient (Wildman–Crippen LogP) is 4.53. The summed E-state index contributed by atoms with van der Waals surface area (Å²) in [4.78, 5) is 17.4. The van der Waals surface area contributed by atoms with Gasteiger partial charge in [0.05, 0.1) is 23.0 Å². The summed E-state index contributed by atoms with van der Waals surface area (Å²) in [6, 6.07) is 16.0. The van der Waals surface area contributed by atoms with E-state index in [0.29, 0.717) is 33.7 Å². The van der Waals surface area contributed by atoms with Crippen molar-refractivity contribution in [3.63, 3.8) is 0 Å². The quantitative estimate of drug-likeness (QED) is 0.666. The van der Waals surface area contributed by atoms with Crippen molar-refractivity contribution in [3.05, 3.63) is 70.3 Å². The molecule has 0 fully saturated rings. The molecular weight excluding hydrogens is 361 g/mol. The molecule has 0 saturated heterocycles. The van der Waals surface area contributed by atoms with E-state index in [1.165, 1.54) is 4.68 Å². The molecule has 1 N–H and O–H groups in total. The highest BCUT2D eigenvalue weighted by Gasteiger charge is 2.18. The number of nitrogens with zero attached hydrogens (tertiary/aromatic N) is 2. The number of hydrogen-bond acceptors (Lipinski definition) is 3. The molecule has 0 aliphatic rings. The number of amides is 1. The lowest BCUT2D eigenvalue weighted by Gasteiger charge is -2.07. The van der Waals surface area contributed by atoms with Gasteiger partial charge in [0.25, 0.3) is 5.91 Å². The monoisotopic (exact) mass is 375 g/mol. The largest absolute Gasteiger partial charge is 0.293 e. The SMILES string of the molecule is CCONC(=O)c1cc(-c2ccccc2Cl)nn1-c1ccc(Cl)cc1. The van der Waals surface area contributed by atoms with Gasteiger partial charge in [-0.1, -0.05) is 41.4 Å². The first-order valence-corrected chi connectivity index (χ1v) is 8.38. The van der Waals surface area contributed by atoms with Gasteiger partial charge in [0.2, 0.25) is 0 Å². The fourth-order valence-electron chi connectivity index (χ4n) is 2.31. The standard InChI is InChI=1S/C18H15Cl2N3O2/c1-2-25-22-18(24)17-11-16(14-5-3-4-6-15(14)20)21-23(17)13-9-7-12(19)8-10-13/h3-11H,2H2,1H3,(H,22,24). The van der Waals surface area contributed by atoms with Crippen LogP contribution in [0.1, 0.15) is 17.4 Å². The molecule has 0 unspecified atom stereocenters. The normalized spacial score (nSPS) is 10.7. The molecule has 0 atom stereocenters. The molecule has 0 spiro atoms. The van der Waals surface area contributed by atoms with Crippen LogP contribution in [0.5, 0.6) is 0 Å². The Morgan fingerprint density at radius 2 is 1.88 bits per heavy atom. The highest BCUT2D eigenvalue weighted by atomic mass is 35.5. The first-order valence-electron chi connectivity index (χ1n) is 7.63. The van der Waals surface area contributed by atoms with E-state index in [2.05, 4.69) is 10.6 Å². The molecule has 1 aromatic heterocycles. The molecule has 0 radical (unpaired) electrons. The van der Waals surface area contributed by atoms with E-state index in [9.17, 15) is 4.79 Å². The van der Waals surface area contributed by atoms with Gasteiger partial charge in [0.15, 0.2) is 0 Å². The topological polar surface area (TPSA) is 56.1 Å². The van der Waals surface area contributed by atoms with E-state index < -0.39 is 5.91 Å². The number of rotatable bonds is 5. The van der Waals surface area contributed by atoms with Gasteiger partial charge in [0.1, 0.15) is 5.69 Å². The zero-order valence-electron chi connectivity index (χ0n) is 13.4. The Morgan fingerprint density at radius 1 is 1.16 bits per heavy atom. The number of aromatic nitrogens is 2. The Bertz CT molecular complexity index is 892. The fourth-order valence-corrected chi connectivity index (χ4v) is 2.67. The third kappa shape index (κ3) is 3.85. The van der Waals surface area contributed by atoms with Crippen LogP contribution in [0.2, 0.25) is 10.0 Å². The number of carbonyl (C=O) groups excluding carboxylic acids is 1. The number of carbonyl (C=O) groups is 1. The maximum atomic E-state index is 12.4. The Morgan fingerprint density at radius 3 is 2.56 bits per heavy atom. The van der Waals surface area contributed by atoms with Gasteiger partial charge >= 0.3 is 0 Å². The number of hydroxylamine groups is 1. The van der Waals surface area contributed by atoms with Crippen molar-refractivity contribution in [3.8, 4) is 16.9 Å². The van der Waals surface area contributed by atoms with Gasteiger partial charge in [-0.05, 0) is 43.3 Å². The lowest BCUT2D eigenvalue weighted by Crippen LogP contribution is -2.26. The van der Waals surface area contributed by atoms with Crippen LogP contribution in [-0.4, -0.2) is 22.3 Å². The van der Waals surface area contributed by atoms with Crippen molar-refractivity contribution in [2.75, 3.05) is 6.61 Å². The van der Waals surface area contributed by atoms with E-state index >= 15 is 0 Å². The van der Waals surface area contributed by atoms with Crippen LogP contribution in [0, 0.1) is 0 Å².